The van der Waals surface area contributed by atoms with E-state index in [0.29, 0.717) is 13.2 Å². The largest absolute Gasteiger partial charge is 0.383 e. The lowest BCUT2D eigenvalue weighted by Gasteiger charge is -2.28. The number of carbonyl (C=O) groups excluding carboxylic acids is 1. The smallest absolute Gasteiger partial charge is 0.251 e. The topological polar surface area (TPSA) is 50.4 Å². The minimum Gasteiger partial charge on any atom is -0.383 e. The quantitative estimate of drug-likeness (QED) is 0.871. The molecule has 1 atom stereocenters. The van der Waals surface area contributed by atoms with Gasteiger partial charge in [0.25, 0.3) is 5.91 Å². The summed E-state index contributed by atoms with van der Waals surface area (Å²) in [6, 6.07) is 2.77. The van der Waals surface area contributed by atoms with E-state index in [9.17, 15) is 13.6 Å². The number of benzene rings is 1. The molecule has 1 aromatic carbocycles. The summed E-state index contributed by atoms with van der Waals surface area (Å²) in [4.78, 5) is 11.9. The van der Waals surface area contributed by atoms with Gasteiger partial charge in [-0.05, 0) is 31.5 Å². The molecule has 2 N–H and O–H groups in total. The second kappa shape index (κ2) is 7.68. The zero-order valence-electron chi connectivity index (χ0n) is 11.7. The molecule has 1 aliphatic heterocycles. The Morgan fingerprint density at radius 1 is 1.38 bits per heavy atom. The fourth-order valence-electron chi connectivity index (χ4n) is 2.51. The van der Waals surface area contributed by atoms with Gasteiger partial charge in [0, 0.05) is 25.3 Å². The number of nitrogens with one attached hydrogen (secondary N) is 2. The predicted molar refractivity (Wildman–Crippen MR) is 77.8 cm³/mol. The highest BCUT2D eigenvalue weighted by Crippen LogP contribution is 2.19. The Hall–Kier alpha value is -1.24. The van der Waals surface area contributed by atoms with Crippen LogP contribution in [-0.4, -0.2) is 38.3 Å². The van der Waals surface area contributed by atoms with Gasteiger partial charge in [0.1, 0.15) is 11.6 Å². The Balaban J connectivity index is 0.00000220. The van der Waals surface area contributed by atoms with Crippen LogP contribution >= 0.6 is 12.4 Å². The molecule has 1 aliphatic rings. The standard InChI is InChI=1S/C14H18F2N2O2.ClH/c1-20-9-14(3-2-4-18-14)8-17-13(19)10-5-11(15)7-12(16)6-10;/h5-7,18H,2-4,8-9H2,1H3,(H,17,19);1H. The lowest BCUT2D eigenvalue weighted by atomic mass is 9.98. The molecule has 0 saturated carbocycles. The van der Waals surface area contributed by atoms with Crippen LogP contribution in [-0.2, 0) is 4.74 Å². The second-order valence-corrected chi connectivity index (χ2v) is 5.08. The molecule has 0 bridgehead atoms. The SMILES string of the molecule is COCC1(CNC(=O)c2cc(F)cc(F)c2)CCCN1.Cl. The minimum absolute atomic E-state index is 0. The molecule has 0 aliphatic carbocycles. The molecule has 4 nitrogen and oxygen atoms in total. The van der Waals surface area contributed by atoms with Gasteiger partial charge < -0.3 is 15.4 Å². The summed E-state index contributed by atoms with van der Waals surface area (Å²) in [6.45, 7) is 1.70. The normalized spacial score (nSPS) is 20.9. The Morgan fingerprint density at radius 2 is 2.05 bits per heavy atom. The molecule has 0 spiro atoms. The summed E-state index contributed by atoms with van der Waals surface area (Å²) >= 11 is 0. The van der Waals surface area contributed by atoms with E-state index in [1.165, 1.54) is 0 Å². The fourth-order valence-corrected chi connectivity index (χ4v) is 2.51. The van der Waals surface area contributed by atoms with Gasteiger partial charge >= 0.3 is 0 Å². The van der Waals surface area contributed by atoms with Crippen molar-refractivity contribution in [3.63, 3.8) is 0 Å². The van der Waals surface area contributed by atoms with Gasteiger partial charge in [-0.2, -0.15) is 0 Å². The van der Waals surface area contributed by atoms with E-state index in [4.69, 9.17) is 4.74 Å². The van der Waals surface area contributed by atoms with Gasteiger partial charge in [-0.3, -0.25) is 4.79 Å². The van der Waals surface area contributed by atoms with Gasteiger partial charge in [0.15, 0.2) is 0 Å². The number of amides is 1. The first kappa shape index (κ1) is 17.8. The molecule has 1 unspecified atom stereocenters. The van der Waals surface area contributed by atoms with E-state index in [1.807, 2.05) is 0 Å². The molecule has 1 aromatic rings. The van der Waals surface area contributed by atoms with E-state index < -0.39 is 17.5 Å². The van der Waals surface area contributed by atoms with Crippen LogP contribution in [0.5, 0.6) is 0 Å². The van der Waals surface area contributed by atoms with Crippen LogP contribution in [0.1, 0.15) is 23.2 Å². The van der Waals surface area contributed by atoms with Crippen LogP contribution in [0.25, 0.3) is 0 Å². The Morgan fingerprint density at radius 3 is 2.57 bits per heavy atom. The highest BCUT2D eigenvalue weighted by atomic mass is 35.5. The molecule has 2 rings (SSSR count). The molecule has 1 saturated heterocycles. The first-order valence-electron chi connectivity index (χ1n) is 6.53. The van der Waals surface area contributed by atoms with Gasteiger partial charge in [0.05, 0.1) is 12.1 Å². The molecular weight excluding hydrogens is 302 g/mol. The number of rotatable bonds is 5. The molecule has 21 heavy (non-hydrogen) atoms. The molecule has 1 fully saturated rings. The number of carbonyl (C=O) groups is 1. The zero-order valence-corrected chi connectivity index (χ0v) is 12.6. The highest BCUT2D eigenvalue weighted by Gasteiger charge is 2.33. The van der Waals surface area contributed by atoms with E-state index in [2.05, 4.69) is 10.6 Å². The first-order valence-corrected chi connectivity index (χ1v) is 6.53. The summed E-state index contributed by atoms with van der Waals surface area (Å²) in [7, 11) is 1.60. The third-order valence-electron chi connectivity index (χ3n) is 3.46. The molecule has 0 aromatic heterocycles. The van der Waals surface area contributed by atoms with Crippen molar-refractivity contribution in [2.24, 2.45) is 0 Å². The van der Waals surface area contributed by atoms with Crippen molar-refractivity contribution in [3.05, 3.63) is 35.4 Å². The lowest BCUT2D eigenvalue weighted by molar-refractivity contribution is 0.0891. The van der Waals surface area contributed by atoms with Gasteiger partial charge in [-0.1, -0.05) is 0 Å². The van der Waals surface area contributed by atoms with Crippen LogP contribution < -0.4 is 10.6 Å². The van der Waals surface area contributed by atoms with Crippen molar-refractivity contribution in [3.8, 4) is 0 Å². The van der Waals surface area contributed by atoms with Crippen LogP contribution in [0.3, 0.4) is 0 Å². The second-order valence-electron chi connectivity index (χ2n) is 5.08. The van der Waals surface area contributed by atoms with Crippen molar-refractivity contribution < 1.29 is 18.3 Å². The third kappa shape index (κ3) is 4.62. The van der Waals surface area contributed by atoms with Crippen LogP contribution in [0.15, 0.2) is 18.2 Å². The molecule has 7 heteroatoms. The van der Waals surface area contributed by atoms with Crippen LogP contribution in [0.2, 0.25) is 0 Å². The maximum Gasteiger partial charge on any atom is 0.251 e. The summed E-state index contributed by atoms with van der Waals surface area (Å²) < 4.78 is 31.3. The van der Waals surface area contributed by atoms with Gasteiger partial charge in [-0.15, -0.1) is 12.4 Å². The van der Waals surface area contributed by atoms with Crippen molar-refractivity contribution in [1.29, 1.82) is 0 Å². The average Bonchev–Trinajstić information content (AvgIpc) is 2.84. The first-order chi connectivity index (χ1) is 9.54. The number of hydrogen-bond donors (Lipinski definition) is 2. The van der Waals surface area contributed by atoms with Crippen molar-refractivity contribution in [1.82, 2.24) is 10.6 Å². The maximum atomic E-state index is 13.1. The number of ether oxygens (including phenoxy) is 1. The van der Waals surface area contributed by atoms with Crippen molar-refractivity contribution in [2.45, 2.75) is 18.4 Å². The van der Waals surface area contributed by atoms with E-state index in [0.717, 1.165) is 37.6 Å². The fraction of sp³-hybridized carbons (Fsp3) is 0.500. The average molecular weight is 321 g/mol. The summed E-state index contributed by atoms with van der Waals surface area (Å²) in [5, 5.41) is 6.02. The monoisotopic (exact) mass is 320 g/mol. The minimum atomic E-state index is -0.763. The Kier molecular flexibility index (Phi) is 6.51. The summed E-state index contributed by atoms with van der Waals surface area (Å²) in [5.74, 6) is -2.02. The lowest BCUT2D eigenvalue weighted by Crippen LogP contribution is -2.53. The van der Waals surface area contributed by atoms with Crippen LogP contribution in [0, 0.1) is 11.6 Å². The van der Waals surface area contributed by atoms with E-state index >= 15 is 0 Å². The van der Waals surface area contributed by atoms with E-state index in [1.54, 1.807) is 7.11 Å². The Bertz CT molecular complexity index is 474. The highest BCUT2D eigenvalue weighted by molar-refractivity contribution is 5.94. The number of halogens is 3. The van der Waals surface area contributed by atoms with Gasteiger partial charge in [0.2, 0.25) is 0 Å². The zero-order chi connectivity index (χ0) is 14.6. The number of methoxy groups -OCH3 is 1. The number of hydrogen-bond acceptors (Lipinski definition) is 3. The van der Waals surface area contributed by atoms with E-state index in [-0.39, 0.29) is 23.5 Å². The molecular formula is C14H19ClF2N2O2. The van der Waals surface area contributed by atoms with Crippen molar-refractivity contribution in [2.75, 3.05) is 26.8 Å². The molecule has 118 valence electrons. The molecule has 1 amide bonds. The predicted octanol–water partition coefficient (Wildman–Crippen LogP) is 1.89. The van der Waals surface area contributed by atoms with Crippen LogP contribution in [0.4, 0.5) is 8.78 Å². The summed E-state index contributed by atoms with van der Waals surface area (Å²) in [5.41, 5.74) is -0.316. The summed E-state index contributed by atoms with van der Waals surface area (Å²) in [6.07, 6.45) is 1.90. The third-order valence-corrected chi connectivity index (χ3v) is 3.46. The molecule has 1 heterocycles. The Labute approximate surface area is 128 Å². The van der Waals surface area contributed by atoms with Crippen molar-refractivity contribution >= 4 is 18.3 Å². The maximum absolute atomic E-state index is 13.1. The van der Waals surface area contributed by atoms with Gasteiger partial charge in [-0.25, -0.2) is 8.78 Å². The molecule has 0 radical (unpaired) electrons.